The van der Waals surface area contributed by atoms with Gasteiger partial charge in [-0.05, 0) is 39.5 Å². The van der Waals surface area contributed by atoms with E-state index in [-0.39, 0.29) is 0 Å². The average molecular weight is 282 g/mol. The summed E-state index contributed by atoms with van der Waals surface area (Å²) < 4.78 is 1.14. The van der Waals surface area contributed by atoms with Crippen LogP contribution in [0.5, 0.6) is 0 Å². The summed E-state index contributed by atoms with van der Waals surface area (Å²) in [6.45, 7) is 2.68. The maximum absolute atomic E-state index is 5.75. The lowest BCUT2D eigenvalue weighted by atomic mass is 10.0. The van der Waals surface area contributed by atoms with E-state index < -0.39 is 0 Å². The van der Waals surface area contributed by atoms with Crippen molar-refractivity contribution in [3.63, 3.8) is 0 Å². The summed E-state index contributed by atoms with van der Waals surface area (Å²) in [5.41, 5.74) is 10.7. The van der Waals surface area contributed by atoms with Gasteiger partial charge in [0.1, 0.15) is 0 Å². The van der Waals surface area contributed by atoms with Gasteiger partial charge in [-0.15, -0.1) is 11.3 Å². The molecule has 0 saturated heterocycles. The molecule has 1 heterocycles. The zero-order chi connectivity index (χ0) is 10.8. The largest absolute Gasteiger partial charge is 0.326 e. The Morgan fingerprint density at radius 2 is 2.20 bits per heavy atom. The third kappa shape index (κ3) is 2.14. The highest BCUT2D eigenvalue weighted by atomic mass is 79.9. The van der Waals surface area contributed by atoms with Gasteiger partial charge in [0.15, 0.2) is 0 Å². The first kappa shape index (κ1) is 10.9. The molecule has 0 aliphatic rings. The van der Waals surface area contributed by atoms with E-state index in [1.165, 1.54) is 22.3 Å². The summed E-state index contributed by atoms with van der Waals surface area (Å²) in [4.78, 5) is 0. The predicted molar refractivity (Wildman–Crippen MR) is 70.1 cm³/mol. The average Bonchev–Trinajstić information content (AvgIpc) is 2.59. The van der Waals surface area contributed by atoms with E-state index >= 15 is 0 Å². The van der Waals surface area contributed by atoms with E-state index in [9.17, 15) is 0 Å². The van der Waals surface area contributed by atoms with Crippen LogP contribution in [0.4, 0.5) is 0 Å². The molecule has 0 unspecified atom stereocenters. The molecule has 0 spiro atoms. The van der Waals surface area contributed by atoms with Crippen LogP contribution in [-0.2, 0) is 6.54 Å². The number of benzene rings is 1. The number of nitrogens with two attached hydrogens (primary N) is 1. The second kappa shape index (κ2) is 4.47. The zero-order valence-corrected chi connectivity index (χ0v) is 10.9. The zero-order valence-electron chi connectivity index (χ0n) is 8.46. The third-order valence-electron chi connectivity index (χ3n) is 2.38. The number of rotatable bonds is 2. The van der Waals surface area contributed by atoms with Crippen molar-refractivity contribution in [3.8, 4) is 11.1 Å². The topological polar surface area (TPSA) is 26.0 Å². The van der Waals surface area contributed by atoms with Gasteiger partial charge in [0.25, 0.3) is 0 Å². The van der Waals surface area contributed by atoms with Crippen molar-refractivity contribution in [1.29, 1.82) is 0 Å². The SMILES string of the molecule is Cc1cccc(-c2csc(Br)c2CN)c1. The summed E-state index contributed by atoms with van der Waals surface area (Å²) in [5, 5.41) is 2.15. The molecule has 1 nitrogen and oxygen atoms in total. The minimum Gasteiger partial charge on any atom is -0.326 e. The van der Waals surface area contributed by atoms with Crippen LogP contribution >= 0.6 is 27.3 Å². The van der Waals surface area contributed by atoms with E-state index in [4.69, 9.17) is 5.73 Å². The lowest BCUT2D eigenvalue weighted by molar-refractivity contribution is 1.08. The molecule has 3 heteroatoms. The van der Waals surface area contributed by atoms with Crippen LogP contribution in [-0.4, -0.2) is 0 Å². The van der Waals surface area contributed by atoms with E-state index in [0.29, 0.717) is 6.54 Å². The Bertz CT molecular complexity index is 476. The Labute approximate surface area is 102 Å². The molecule has 0 bridgehead atoms. The van der Waals surface area contributed by atoms with Crippen molar-refractivity contribution >= 4 is 27.3 Å². The molecule has 0 aliphatic heterocycles. The lowest BCUT2D eigenvalue weighted by Crippen LogP contribution is -1.96. The maximum atomic E-state index is 5.75. The molecule has 78 valence electrons. The van der Waals surface area contributed by atoms with Crippen molar-refractivity contribution < 1.29 is 0 Å². The summed E-state index contributed by atoms with van der Waals surface area (Å²) >= 11 is 5.22. The molecule has 1 aromatic heterocycles. The van der Waals surface area contributed by atoms with E-state index in [1.807, 2.05) is 0 Å². The number of hydrogen-bond acceptors (Lipinski definition) is 2. The molecule has 0 radical (unpaired) electrons. The van der Waals surface area contributed by atoms with Crippen LogP contribution in [0.15, 0.2) is 33.4 Å². The first-order valence-electron chi connectivity index (χ1n) is 4.75. The Kier molecular flexibility index (Phi) is 3.24. The van der Waals surface area contributed by atoms with Crippen molar-refractivity contribution in [3.05, 3.63) is 44.6 Å². The molecular formula is C12H12BrNS. The molecule has 15 heavy (non-hydrogen) atoms. The van der Waals surface area contributed by atoms with Gasteiger partial charge in [0.2, 0.25) is 0 Å². The number of halogens is 1. The van der Waals surface area contributed by atoms with Crippen LogP contribution in [0.2, 0.25) is 0 Å². The number of hydrogen-bond donors (Lipinski definition) is 1. The van der Waals surface area contributed by atoms with Gasteiger partial charge in [-0.25, -0.2) is 0 Å². The van der Waals surface area contributed by atoms with E-state index in [1.54, 1.807) is 11.3 Å². The molecular weight excluding hydrogens is 270 g/mol. The van der Waals surface area contributed by atoms with Crippen LogP contribution in [0.3, 0.4) is 0 Å². The fourth-order valence-corrected chi connectivity index (χ4v) is 3.09. The fraction of sp³-hybridized carbons (Fsp3) is 0.167. The monoisotopic (exact) mass is 281 g/mol. The van der Waals surface area contributed by atoms with Crippen LogP contribution in [0, 0.1) is 6.92 Å². The number of thiophene rings is 1. The third-order valence-corrected chi connectivity index (χ3v) is 4.22. The molecule has 0 atom stereocenters. The molecule has 0 saturated carbocycles. The fourth-order valence-electron chi connectivity index (χ4n) is 1.60. The van der Waals surface area contributed by atoms with E-state index in [0.717, 1.165) is 3.79 Å². The van der Waals surface area contributed by atoms with Crippen molar-refractivity contribution in [1.82, 2.24) is 0 Å². The molecule has 2 aromatic rings. The molecule has 0 aliphatic carbocycles. The van der Waals surface area contributed by atoms with Crippen molar-refractivity contribution in [2.24, 2.45) is 5.73 Å². The Balaban J connectivity index is 2.54. The summed E-state index contributed by atoms with van der Waals surface area (Å²) in [6, 6.07) is 8.50. The second-order valence-electron chi connectivity index (χ2n) is 3.48. The van der Waals surface area contributed by atoms with Gasteiger partial charge in [0.05, 0.1) is 3.79 Å². The van der Waals surface area contributed by atoms with Crippen LogP contribution < -0.4 is 5.73 Å². The van der Waals surface area contributed by atoms with Crippen molar-refractivity contribution in [2.75, 3.05) is 0 Å². The van der Waals surface area contributed by atoms with Gasteiger partial charge >= 0.3 is 0 Å². The first-order valence-corrected chi connectivity index (χ1v) is 6.42. The van der Waals surface area contributed by atoms with Gasteiger partial charge in [-0.1, -0.05) is 29.8 Å². The highest BCUT2D eigenvalue weighted by molar-refractivity contribution is 9.11. The van der Waals surface area contributed by atoms with Gasteiger partial charge in [-0.2, -0.15) is 0 Å². The highest BCUT2D eigenvalue weighted by Gasteiger charge is 2.09. The van der Waals surface area contributed by atoms with Gasteiger partial charge in [-0.3, -0.25) is 0 Å². The van der Waals surface area contributed by atoms with Gasteiger partial charge in [0, 0.05) is 11.9 Å². The number of aryl methyl sites for hydroxylation is 1. The quantitative estimate of drug-likeness (QED) is 0.887. The van der Waals surface area contributed by atoms with E-state index in [2.05, 4.69) is 52.5 Å². The normalized spacial score (nSPS) is 10.6. The summed E-state index contributed by atoms with van der Waals surface area (Å²) in [7, 11) is 0. The predicted octanol–water partition coefficient (Wildman–Crippen LogP) is 3.94. The summed E-state index contributed by atoms with van der Waals surface area (Å²) in [6.07, 6.45) is 0. The highest BCUT2D eigenvalue weighted by Crippen LogP contribution is 2.35. The van der Waals surface area contributed by atoms with Crippen LogP contribution in [0.25, 0.3) is 11.1 Å². The lowest BCUT2D eigenvalue weighted by Gasteiger charge is -2.03. The maximum Gasteiger partial charge on any atom is 0.0749 e. The Morgan fingerprint density at radius 1 is 1.40 bits per heavy atom. The molecule has 0 amide bonds. The smallest absolute Gasteiger partial charge is 0.0749 e. The van der Waals surface area contributed by atoms with Crippen LogP contribution in [0.1, 0.15) is 11.1 Å². The van der Waals surface area contributed by atoms with Crippen molar-refractivity contribution in [2.45, 2.75) is 13.5 Å². The summed E-state index contributed by atoms with van der Waals surface area (Å²) in [5.74, 6) is 0. The minimum atomic E-state index is 0.577. The molecule has 0 fully saturated rings. The molecule has 2 rings (SSSR count). The Morgan fingerprint density at radius 3 is 2.87 bits per heavy atom. The Hall–Kier alpha value is -0.640. The first-order chi connectivity index (χ1) is 7.22. The minimum absolute atomic E-state index is 0.577. The second-order valence-corrected chi connectivity index (χ2v) is 5.67. The molecule has 2 N–H and O–H groups in total. The molecule has 1 aromatic carbocycles. The standard InChI is InChI=1S/C12H12BrNS/c1-8-3-2-4-9(5-8)11-7-15-12(13)10(11)6-14/h2-5,7H,6,14H2,1H3. The van der Waals surface area contributed by atoms with Gasteiger partial charge < -0.3 is 5.73 Å².